The van der Waals surface area contributed by atoms with Crippen molar-refractivity contribution in [2.75, 3.05) is 0 Å². The molecular formula is C17H24ClF. The van der Waals surface area contributed by atoms with Crippen molar-refractivity contribution in [3.05, 3.63) is 35.1 Å². The van der Waals surface area contributed by atoms with E-state index in [-0.39, 0.29) is 11.2 Å². The third-order valence-corrected chi connectivity index (χ3v) is 5.23. The topological polar surface area (TPSA) is 0 Å². The van der Waals surface area contributed by atoms with Crippen molar-refractivity contribution in [1.29, 1.82) is 0 Å². The molecule has 1 aliphatic rings. The van der Waals surface area contributed by atoms with Crippen LogP contribution in [0.4, 0.5) is 4.39 Å². The van der Waals surface area contributed by atoms with Gasteiger partial charge in [0.1, 0.15) is 5.82 Å². The first kappa shape index (κ1) is 14.8. The first-order valence-electron chi connectivity index (χ1n) is 7.36. The molecule has 106 valence electrons. The van der Waals surface area contributed by atoms with Crippen LogP contribution in [0, 0.1) is 30.5 Å². The van der Waals surface area contributed by atoms with Crippen molar-refractivity contribution in [1.82, 2.24) is 0 Å². The normalized spacial score (nSPS) is 27.8. The number of benzene rings is 1. The summed E-state index contributed by atoms with van der Waals surface area (Å²) in [6.45, 7) is 6.60. The summed E-state index contributed by atoms with van der Waals surface area (Å²) in [4.78, 5) is 0. The second kappa shape index (κ2) is 6.26. The Kier molecular flexibility index (Phi) is 4.89. The minimum atomic E-state index is -0.146. The Labute approximate surface area is 121 Å². The zero-order valence-electron chi connectivity index (χ0n) is 12.1. The van der Waals surface area contributed by atoms with E-state index >= 15 is 0 Å². The number of aryl methyl sites for hydroxylation is 1. The lowest BCUT2D eigenvalue weighted by Gasteiger charge is -2.35. The zero-order chi connectivity index (χ0) is 14.0. The van der Waals surface area contributed by atoms with Crippen LogP contribution in [0.5, 0.6) is 0 Å². The molecule has 1 aliphatic carbocycles. The quantitative estimate of drug-likeness (QED) is 0.655. The smallest absolute Gasteiger partial charge is 0.123 e. The van der Waals surface area contributed by atoms with Crippen LogP contribution in [0.1, 0.15) is 44.2 Å². The predicted molar refractivity (Wildman–Crippen MR) is 80.2 cm³/mol. The van der Waals surface area contributed by atoms with Crippen molar-refractivity contribution >= 4 is 11.6 Å². The van der Waals surface area contributed by atoms with Gasteiger partial charge in [-0.05, 0) is 73.6 Å². The van der Waals surface area contributed by atoms with E-state index < -0.39 is 0 Å². The maximum Gasteiger partial charge on any atom is 0.123 e. The zero-order valence-corrected chi connectivity index (χ0v) is 12.9. The molecule has 1 fully saturated rings. The van der Waals surface area contributed by atoms with Gasteiger partial charge < -0.3 is 0 Å². The second-order valence-electron chi connectivity index (χ2n) is 6.37. The molecule has 0 aliphatic heterocycles. The fourth-order valence-electron chi connectivity index (χ4n) is 3.25. The third-order valence-electron chi connectivity index (χ3n) is 4.66. The first-order chi connectivity index (χ1) is 8.97. The maximum absolute atomic E-state index is 13.1. The van der Waals surface area contributed by atoms with Gasteiger partial charge in [0.2, 0.25) is 0 Å². The monoisotopic (exact) mass is 282 g/mol. The van der Waals surface area contributed by atoms with Crippen LogP contribution in [0.3, 0.4) is 0 Å². The van der Waals surface area contributed by atoms with Crippen LogP contribution in [-0.2, 0) is 6.42 Å². The molecule has 2 heteroatoms. The summed E-state index contributed by atoms with van der Waals surface area (Å²) in [7, 11) is 0. The number of halogens is 2. The molecule has 3 unspecified atom stereocenters. The number of hydrogen-bond donors (Lipinski definition) is 0. The predicted octanol–water partition coefficient (Wildman–Crippen LogP) is 5.36. The largest absolute Gasteiger partial charge is 0.207 e. The summed E-state index contributed by atoms with van der Waals surface area (Å²) in [5.41, 5.74) is 2.30. The highest BCUT2D eigenvalue weighted by atomic mass is 35.5. The van der Waals surface area contributed by atoms with Gasteiger partial charge in [0, 0.05) is 5.38 Å². The van der Waals surface area contributed by atoms with Crippen molar-refractivity contribution < 1.29 is 4.39 Å². The van der Waals surface area contributed by atoms with Gasteiger partial charge in [0.15, 0.2) is 0 Å². The summed E-state index contributed by atoms with van der Waals surface area (Å²) >= 11 is 6.51. The highest BCUT2D eigenvalue weighted by Crippen LogP contribution is 2.38. The Balaban J connectivity index is 2.07. The molecule has 0 spiro atoms. The summed E-state index contributed by atoms with van der Waals surface area (Å²) < 4.78 is 13.1. The molecular weight excluding hydrogens is 259 g/mol. The lowest BCUT2D eigenvalue weighted by atomic mass is 9.74. The van der Waals surface area contributed by atoms with E-state index in [1.807, 2.05) is 13.0 Å². The second-order valence-corrected chi connectivity index (χ2v) is 6.93. The van der Waals surface area contributed by atoms with E-state index in [0.29, 0.717) is 5.92 Å². The van der Waals surface area contributed by atoms with E-state index in [1.54, 1.807) is 12.1 Å². The molecule has 0 radical (unpaired) electrons. The lowest BCUT2D eigenvalue weighted by molar-refractivity contribution is 0.218. The Morgan fingerprint density at radius 1 is 1.32 bits per heavy atom. The van der Waals surface area contributed by atoms with E-state index in [4.69, 9.17) is 11.6 Å². The standard InChI is InChI=1S/C17H24ClF/c1-11(2)13-5-7-17(18)15(9-13)10-14-4-6-16(19)8-12(14)3/h4,6,8,11,13,15,17H,5,7,9-10H2,1-3H3. The molecule has 0 heterocycles. The van der Waals surface area contributed by atoms with Crippen LogP contribution in [0.25, 0.3) is 0 Å². The highest BCUT2D eigenvalue weighted by Gasteiger charge is 2.30. The fraction of sp³-hybridized carbons (Fsp3) is 0.647. The van der Waals surface area contributed by atoms with Gasteiger partial charge >= 0.3 is 0 Å². The van der Waals surface area contributed by atoms with Crippen LogP contribution < -0.4 is 0 Å². The molecule has 0 amide bonds. The fourth-order valence-corrected chi connectivity index (χ4v) is 3.57. The third kappa shape index (κ3) is 3.72. The molecule has 0 N–H and O–H groups in total. The van der Waals surface area contributed by atoms with Gasteiger partial charge in [-0.3, -0.25) is 0 Å². The molecule has 0 bridgehead atoms. The lowest BCUT2D eigenvalue weighted by Crippen LogP contribution is -2.29. The summed E-state index contributed by atoms with van der Waals surface area (Å²) in [6, 6.07) is 5.11. The Bertz CT molecular complexity index is 427. The number of hydrogen-bond acceptors (Lipinski definition) is 0. The average Bonchev–Trinajstić information content (AvgIpc) is 2.34. The van der Waals surface area contributed by atoms with Gasteiger partial charge in [0.25, 0.3) is 0 Å². The molecule has 19 heavy (non-hydrogen) atoms. The van der Waals surface area contributed by atoms with Gasteiger partial charge in [-0.1, -0.05) is 19.9 Å². The Hall–Kier alpha value is -0.560. The molecule has 1 aromatic rings. The molecule has 0 saturated heterocycles. The first-order valence-corrected chi connectivity index (χ1v) is 7.80. The SMILES string of the molecule is Cc1cc(F)ccc1CC1CC(C(C)C)CCC1Cl. The molecule has 0 nitrogen and oxygen atoms in total. The van der Waals surface area contributed by atoms with E-state index in [2.05, 4.69) is 13.8 Å². The van der Waals surface area contributed by atoms with Gasteiger partial charge in [-0.2, -0.15) is 0 Å². The van der Waals surface area contributed by atoms with Crippen molar-refractivity contribution in [2.24, 2.45) is 17.8 Å². The van der Waals surface area contributed by atoms with E-state index in [9.17, 15) is 4.39 Å². The molecule has 3 atom stereocenters. The molecule has 2 rings (SSSR count). The highest BCUT2D eigenvalue weighted by molar-refractivity contribution is 6.20. The van der Waals surface area contributed by atoms with E-state index in [0.717, 1.165) is 30.2 Å². The van der Waals surface area contributed by atoms with Gasteiger partial charge in [-0.15, -0.1) is 11.6 Å². The number of alkyl halides is 1. The van der Waals surface area contributed by atoms with E-state index in [1.165, 1.54) is 18.4 Å². The summed E-state index contributed by atoms with van der Waals surface area (Å²) in [5.74, 6) is 1.92. The number of rotatable bonds is 3. The van der Waals surface area contributed by atoms with Crippen LogP contribution in [0.15, 0.2) is 18.2 Å². The van der Waals surface area contributed by atoms with Crippen LogP contribution >= 0.6 is 11.6 Å². The molecule has 1 aromatic carbocycles. The molecule has 0 aromatic heterocycles. The van der Waals surface area contributed by atoms with Crippen molar-refractivity contribution in [3.63, 3.8) is 0 Å². The van der Waals surface area contributed by atoms with Crippen LogP contribution in [-0.4, -0.2) is 5.38 Å². The summed E-state index contributed by atoms with van der Waals surface area (Å²) in [5, 5.41) is 0.277. The maximum atomic E-state index is 13.1. The minimum Gasteiger partial charge on any atom is -0.207 e. The van der Waals surface area contributed by atoms with Crippen molar-refractivity contribution in [2.45, 2.75) is 51.8 Å². The average molecular weight is 283 g/mol. The minimum absolute atomic E-state index is 0.146. The van der Waals surface area contributed by atoms with Gasteiger partial charge in [0.05, 0.1) is 0 Å². The van der Waals surface area contributed by atoms with Crippen molar-refractivity contribution in [3.8, 4) is 0 Å². The Morgan fingerprint density at radius 3 is 2.68 bits per heavy atom. The Morgan fingerprint density at radius 2 is 2.05 bits per heavy atom. The van der Waals surface area contributed by atoms with Crippen LogP contribution in [0.2, 0.25) is 0 Å². The van der Waals surface area contributed by atoms with Gasteiger partial charge in [-0.25, -0.2) is 4.39 Å². The molecule has 1 saturated carbocycles. The summed E-state index contributed by atoms with van der Waals surface area (Å²) in [6.07, 6.45) is 4.58.